The summed E-state index contributed by atoms with van der Waals surface area (Å²) >= 11 is 0. The minimum atomic E-state index is -0.369. The Kier molecular flexibility index (Phi) is 3.97. The van der Waals surface area contributed by atoms with E-state index in [0.29, 0.717) is 11.5 Å². The van der Waals surface area contributed by atoms with Crippen LogP contribution in [0.3, 0.4) is 0 Å². The molecule has 0 unspecified atom stereocenters. The molecule has 24 heavy (non-hydrogen) atoms. The van der Waals surface area contributed by atoms with E-state index in [4.69, 9.17) is 9.47 Å². The largest absolute Gasteiger partial charge is 0.493 e. The lowest BCUT2D eigenvalue weighted by molar-refractivity contribution is 0.0600. The SMILES string of the molecule is COC(=O)c1cncc(-c2cc3c(cc2OCC2CC2)CCC3)c1. The number of carbonyl (C=O) groups is 1. The zero-order valence-corrected chi connectivity index (χ0v) is 13.9. The van der Waals surface area contributed by atoms with Gasteiger partial charge in [-0.1, -0.05) is 0 Å². The number of esters is 1. The summed E-state index contributed by atoms with van der Waals surface area (Å²) in [7, 11) is 1.38. The zero-order valence-electron chi connectivity index (χ0n) is 13.9. The third-order valence-electron chi connectivity index (χ3n) is 4.84. The average Bonchev–Trinajstić information content (AvgIpc) is 3.34. The van der Waals surface area contributed by atoms with Gasteiger partial charge >= 0.3 is 5.97 Å². The molecule has 4 rings (SSSR count). The molecule has 1 saturated carbocycles. The van der Waals surface area contributed by atoms with Gasteiger partial charge in [-0.3, -0.25) is 4.98 Å². The second kappa shape index (κ2) is 6.27. The van der Waals surface area contributed by atoms with Gasteiger partial charge in [0.25, 0.3) is 0 Å². The maximum Gasteiger partial charge on any atom is 0.339 e. The normalized spacial score (nSPS) is 15.9. The molecule has 1 aromatic heterocycles. The van der Waals surface area contributed by atoms with Crippen LogP contribution in [-0.2, 0) is 17.6 Å². The number of benzene rings is 1. The van der Waals surface area contributed by atoms with Crippen molar-refractivity contribution in [3.05, 3.63) is 47.3 Å². The number of hydrogen-bond donors (Lipinski definition) is 0. The predicted molar refractivity (Wildman–Crippen MR) is 91.3 cm³/mol. The number of pyridine rings is 1. The zero-order chi connectivity index (χ0) is 16.5. The van der Waals surface area contributed by atoms with Crippen LogP contribution in [0.5, 0.6) is 5.75 Å². The number of carbonyl (C=O) groups excluding carboxylic acids is 1. The monoisotopic (exact) mass is 323 g/mol. The summed E-state index contributed by atoms with van der Waals surface area (Å²) in [6.45, 7) is 0.774. The van der Waals surface area contributed by atoms with E-state index in [2.05, 4.69) is 17.1 Å². The third-order valence-corrected chi connectivity index (χ3v) is 4.84. The molecule has 1 heterocycles. The van der Waals surface area contributed by atoms with Gasteiger partial charge in [-0.2, -0.15) is 0 Å². The van der Waals surface area contributed by atoms with Crippen LogP contribution in [0.4, 0.5) is 0 Å². The minimum absolute atomic E-state index is 0.369. The third kappa shape index (κ3) is 3.01. The number of fused-ring (bicyclic) bond motifs is 1. The Hall–Kier alpha value is -2.36. The molecule has 1 fully saturated rings. The minimum Gasteiger partial charge on any atom is -0.493 e. The molecule has 0 aliphatic heterocycles. The van der Waals surface area contributed by atoms with Gasteiger partial charge in [0.15, 0.2) is 0 Å². The van der Waals surface area contributed by atoms with E-state index in [-0.39, 0.29) is 5.97 Å². The molecule has 124 valence electrons. The van der Waals surface area contributed by atoms with Gasteiger partial charge in [-0.05, 0) is 67.3 Å². The average molecular weight is 323 g/mol. The van der Waals surface area contributed by atoms with Crippen LogP contribution in [-0.4, -0.2) is 24.7 Å². The Labute approximate surface area is 141 Å². The predicted octanol–water partition coefficient (Wildman–Crippen LogP) is 3.81. The van der Waals surface area contributed by atoms with Crippen molar-refractivity contribution in [1.29, 1.82) is 0 Å². The molecule has 2 aliphatic carbocycles. The highest BCUT2D eigenvalue weighted by atomic mass is 16.5. The van der Waals surface area contributed by atoms with Crippen molar-refractivity contribution in [3.63, 3.8) is 0 Å². The number of aromatic nitrogens is 1. The van der Waals surface area contributed by atoms with Gasteiger partial charge in [-0.15, -0.1) is 0 Å². The van der Waals surface area contributed by atoms with E-state index >= 15 is 0 Å². The first kappa shape index (κ1) is 15.2. The summed E-state index contributed by atoms with van der Waals surface area (Å²) in [5, 5.41) is 0. The van der Waals surface area contributed by atoms with Crippen LogP contribution in [0.2, 0.25) is 0 Å². The molecule has 0 spiro atoms. The molecule has 0 bridgehead atoms. The van der Waals surface area contributed by atoms with Crippen molar-refractivity contribution in [2.24, 2.45) is 5.92 Å². The van der Waals surface area contributed by atoms with Crippen LogP contribution in [0.15, 0.2) is 30.6 Å². The summed E-state index contributed by atoms with van der Waals surface area (Å²) < 4.78 is 10.9. The van der Waals surface area contributed by atoms with Gasteiger partial charge in [0, 0.05) is 23.5 Å². The summed E-state index contributed by atoms with van der Waals surface area (Å²) in [5.74, 6) is 1.24. The lowest BCUT2D eigenvalue weighted by atomic mass is 9.99. The Bertz CT molecular complexity index is 780. The number of rotatable bonds is 5. The molecule has 0 saturated heterocycles. The van der Waals surface area contributed by atoms with Gasteiger partial charge in [0.2, 0.25) is 0 Å². The summed E-state index contributed by atoms with van der Waals surface area (Å²) in [6, 6.07) is 6.23. The molecule has 4 nitrogen and oxygen atoms in total. The first-order valence-electron chi connectivity index (χ1n) is 8.57. The highest BCUT2D eigenvalue weighted by Crippen LogP contribution is 2.38. The smallest absolute Gasteiger partial charge is 0.339 e. The molecule has 4 heteroatoms. The molecule has 1 aromatic carbocycles. The number of ether oxygens (including phenoxy) is 2. The molecule has 0 radical (unpaired) electrons. The van der Waals surface area contributed by atoms with Crippen molar-refractivity contribution in [3.8, 4) is 16.9 Å². The first-order valence-corrected chi connectivity index (χ1v) is 8.57. The van der Waals surface area contributed by atoms with Gasteiger partial charge in [0.1, 0.15) is 5.75 Å². The lowest BCUT2D eigenvalue weighted by Crippen LogP contribution is -2.04. The van der Waals surface area contributed by atoms with Crippen LogP contribution >= 0.6 is 0 Å². The quantitative estimate of drug-likeness (QED) is 0.785. The summed E-state index contributed by atoms with van der Waals surface area (Å²) in [6.07, 6.45) is 9.27. The topological polar surface area (TPSA) is 48.4 Å². The van der Waals surface area contributed by atoms with Crippen LogP contribution in [0.1, 0.15) is 40.7 Å². The van der Waals surface area contributed by atoms with Crippen molar-refractivity contribution >= 4 is 5.97 Å². The highest BCUT2D eigenvalue weighted by Gasteiger charge is 2.24. The van der Waals surface area contributed by atoms with Crippen molar-refractivity contribution in [2.45, 2.75) is 32.1 Å². The molecular formula is C20H21NO3. The van der Waals surface area contributed by atoms with E-state index in [0.717, 1.165) is 36.3 Å². The second-order valence-corrected chi connectivity index (χ2v) is 6.68. The van der Waals surface area contributed by atoms with Gasteiger partial charge < -0.3 is 9.47 Å². The Morgan fingerprint density at radius 2 is 1.96 bits per heavy atom. The molecular weight excluding hydrogens is 302 g/mol. The maximum atomic E-state index is 11.8. The first-order chi connectivity index (χ1) is 11.7. The highest BCUT2D eigenvalue weighted by molar-refractivity contribution is 5.90. The van der Waals surface area contributed by atoms with Gasteiger partial charge in [0.05, 0.1) is 19.3 Å². The molecule has 2 aromatic rings. The van der Waals surface area contributed by atoms with E-state index in [1.165, 1.54) is 43.7 Å². The van der Waals surface area contributed by atoms with Crippen molar-refractivity contribution in [1.82, 2.24) is 4.98 Å². The van der Waals surface area contributed by atoms with E-state index in [1.54, 1.807) is 6.20 Å². The maximum absolute atomic E-state index is 11.8. The van der Waals surface area contributed by atoms with E-state index in [9.17, 15) is 4.79 Å². The fourth-order valence-corrected chi connectivity index (χ4v) is 3.26. The van der Waals surface area contributed by atoms with Crippen molar-refractivity contribution in [2.75, 3.05) is 13.7 Å². The fourth-order valence-electron chi connectivity index (χ4n) is 3.26. The Morgan fingerprint density at radius 1 is 1.17 bits per heavy atom. The summed E-state index contributed by atoms with van der Waals surface area (Å²) in [5.41, 5.74) is 5.16. The van der Waals surface area contributed by atoms with E-state index < -0.39 is 0 Å². The standard InChI is InChI=1S/C20H21NO3/c1-23-20(22)17-7-16(10-21-11-17)18-8-14-3-2-4-15(14)9-19(18)24-12-13-5-6-13/h7-11,13H,2-6,12H2,1H3. The summed E-state index contributed by atoms with van der Waals surface area (Å²) in [4.78, 5) is 16.0. The van der Waals surface area contributed by atoms with Crippen molar-refractivity contribution < 1.29 is 14.3 Å². The van der Waals surface area contributed by atoms with Crippen LogP contribution in [0.25, 0.3) is 11.1 Å². The Morgan fingerprint density at radius 3 is 2.71 bits per heavy atom. The second-order valence-electron chi connectivity index (χ2n) is 6.68. The Balaban J connectivity index is 1.73. The van der Waals surface area contributed by atoms with Crippen LogP contribution < -0.4 is 4.74 Å². The number of nitrogens with zero attached hydrogens (tertiary/aromatic N) is 1. The van der Waals surface area contributed by atoms with Gasteiger partial charge in [-0.25, -0.2) is 4.79 Å². The fraction of sp³-hybridized carbons (Fsp3) is 0.400. The molecule has 2 aliphatic rings. The lowest BCUT2D eigenvalue weighted by Gasteiger charge is -2.14. The number of aryl methyl sites for hydroxylation is 2. The number of methoxy groups -OCH3 is 1. The van der Waals surface area contributed by atoms with Crippen LogP contribution in [0, 0.1) is 5.92 Å². The molecule has 0 atom stereocenters. The molecule has 0 N–H and O–H groups in total. The van der Waals surface area contributed by atoms with E-state index in [1.807, 2.05) is 6.07 Å². The molecule has 0 amide bonds. The number of hydrogen-bond acceptors (Lipinski definition) is 4.